The quantitative estimate of drug-likeness (QED) is 0.845. The first-order valence-electron chi connectivity index (χ1n) is 7.96. The van der Waals surface area contributed by atoms with Crippen LogP contribution in [0.4, 0.5) is 5.69 Å². The van der Waals surface area contributed by atoms with Crippen LogP contribution in [0.25, 0.3) is 0 Å². The van der Waals surface area contributed by atoms with Crippen LogP contribution in [-0.4, -0.2) is 60.9 Å². The molecule has 0 aliphatic carbocycles. The molecular weight excluding hydrogens is 314 g/mol. The Morgan fingerprint density at radius 2 is 1.87 bits per heavy atom. The SMILES string of the molecule is CCN1CCN(C(=O)CN(C(C)=O)c2ccc(C)c(Cl)c2)CC1. The molecule has 5 nitrogen and oxygen atoms in total. The van der Waals surface area contributed by atoms with Gasteiger partial charge >= 0.3 is 0 Å². The molecule has 1 aromatic carbocycles. The Labute approximate surface area is 142 Å². The molecule has 1 aliphatic heterocycles. The topological polar surface area (TPSA) is 43.9 Å². The number of rotatable bonds is 4. The first kappa shape index (κ1) is 17.8. The Hall–Kier alpha value is -1.59. The van der Waals surface area contributed by atoms with Gasteiger partial charge in [0, 0.05) is 43.8 Å². The Bertz CT molecular complexity index is 583. The molecule has 1 aliphatic rings. The Morgan fingerprint density at radius 1 is 1.22 bits per heavy atom. The molecule has 23 heavy (non-hydrogen) atoms. The van der Waals surface area contributed by atoms with E-state index in [1.54, 1.807) is 6.07 Å². The summed E-state index contributed by atoms with van der Waals surface area (Å²) in [5.74, 6) is -0.182. The summed E-state index contributed by atoms with van der Waals surface area (Å²) in [5.41, 5.74) is 1.61. The van der Waals surface area contributed by atoms with Crippen molar-refractivity contribution in [3.05, 3.63) is 28.8 Å². The first-order valence-corrected chi connectivity index (χ1v) is 8.34. The average Bonchev–Trinajstić information content (AvgIpc) is 2.55. The highest BCUT2D eigenvalue weighted by atomic mass is 35.5. The molecule has 2 amide bonds. The predicted molar refractivity (Wildman–Crippen MR) is 92.9 cm³/mol. The van der Waals surface area contributed by atoms with Crippen LogP contribution < -0.4 is 4.90 Å². The number of amides is 2. The van der Waals surface area contributed by atoms with Gasteiger partial charge in [-0.2, -0.15) is 0 Å². The van der Waals surface area contributed by atoms with Crippen molar-refractivity contribution in [1.82, 2.24) is 9.80 Å². The molecule has 2 rings (SSSR count). The number of anilines is 1. The molecule has 0 unspecified atom stereocenters. The van der Waals surface area contributed by atoms with Crippen molar-refractivity contribution in [3.63, 3.8) is 0 Å². The molecule has 1 saturated heterocycles. The molecule has 0 spiro atoms. The molecule has 6 heteroatoms. The number of hydrogen-bond donors (Lipinski definition) is 0. The van der Waals surface area contributed by atoms with E-state index < -0.39 is 0 Å². The van der Waals surface area contributed by atoms with Gasteiger partial charge in [0.2, 0.25) is 11.8 Å². The summed E-state index contributed by atoms with van der Waals surface area (Å²) in [6.07, 6.45) is 0. The number of benzene rings is 1. The molecule has 0 aromatic heterocycles. The zero-order valence-corrected chi connectivity index (χ0v) is 14.8. The highest BCUT2D eigenvalue weighted by molar-refractivity contribution is 6.31. The monoisotopic (exact) mass is 337 g/mol. The van der Waals surface area contributed by atoms with Gasteiger partial charge in [-0.15, -0.1) is 0 Å². The van der Waals surface area contributed by atoms with Crippen molar-refractivity contribution in [2.75, 3.05) is 44.2 Å². The van der Waals surface area contributed by atoms with Gasteiger partial charge in [-0.1, -0.05) is 24.6 Å². The van der Waals surface area contributed by atoms with Gasteiger partial charge in [-0.3, -0.25) is 9.59 Å². The first-order chi connectivity index (χ1) is 10.9. The van der Waals surface area contributed by atoms with Crippen LogP contribution in [0, 0.1) is 6.92 Å². The lowest BCUT2D eigenvalue weighted by Gasteiger charge is -2.35. The van der Waals surface area contributed by atoms with Crippen molar-refractivity contribution in [3.8, 4) is 0 Å². The number of nitrogens with zero attached hydrogens (tertiary/aromatic N) is 3. The third-order valence-electron chi connectivity index (χ3n) is 4.31. The minimum atomic E-state index is -0.162. The molecule has 0 N–H and O–H groups in total. The Kier molecular flexibility index (Phi) is 6.02. The fourth-order valence-electron chi connectivity index (χ4n) is 2.68. The molecule has 0 radical (unpaired) electrons. The fraction of sp³-hybridized carbons (Fsp3) is 0.529. The lowest BCUT2D eigenvalue weighted by atomic mass is 10.2. The van der Waals surface area contributed by atoms with E-state index in [0.717, 1.165) is 25.2 Å². The van der Waals surface area contributed by atoms with E-state index in [2.05, 4.69) is 11.8 Å². The summed E-state index contributed by atoms with van der Waals surface area (Å²) in [4.78, 5) is 30.1. The summed E-state index contributed by atoms with van der Waals surface area (Å²) >= 11 is 6.14. The normalized spacial score (nSPS) is 15.6. The van der Waals surface area contributed by atoms with Crippen LogP contribution in [0.3, 0.4) is 0 Å². The Balaban J connectivity index is 2.06. The third-order valence-corrected chi connectivity index (χ3v) is 4.72. The molecule has 126 valence electrons. The van der Waals surface area contributed by atoms with Gasteiger partial charge in [0.25, 0.3) is 0 Å². The van der Waals surface area contributed by atoms with Gasteiger partial charge in [0.15, 0.2) is 0 Å². The lowest BCUT2D eigenvalue weighted by Crippen LogP contribution is -2.51. The largest absolute Gasteiger partial charge is 0.339 e. The summed E-state index contributed by atoms with van der Waals surface area (Å²) in [6.45, 7) is 9.76. The van der Waals surface area contributed by atoms with E-state index in [1.165, 1.54) is 11.8 Å². The van der Waals surface area contributed by atoms with Crippen LogP contribution in [0.2, 0.25) is 5.02 Å². The van der Waals surface area contributed by atoms with Gasteiger partial charge in [0.1, 0.15) is 6.54 Å². The summed E-state index contributed by atoms with van der Waals surface area (Å²) in [5, 5.41) is 0.595. The maximum Gasteiger partial charge on any atom is 0.242 e. The number of hydrogen-bond acceptors (Lipinski definition) is 3. The number of piperazine rings is 1. The maximum atomic E-state index is 12.5. The maximum absolute atomic E-state index is 12.5. The zero-order valence-electron chi connectivity index (χ0n) is 14.0. The van der Waals surface area contributed by atoms with Crippen LogP contribution in [0.15, 0.2) is 18.2 Å². The van der Waals surface area contributed by atoms with E-state index in [4.69, 9.17) is 11.6 Å². The van der Waals surface area contributed by atoms with Crippen molar-refractivity contribution in [2.45, 2.75) is 20.8 Å². The number of halogens is 1. The lowest BCUT2D eigenvalue weighted by molar-refractivity contribution is -0.132. The molecule has 0 atom stereocenters. The van der Waals surface area contributed by atoms with Crippen LogP contribution in [0.1, 0.15) is 19.4 Å². The molecule has 1 heterocycles. The molecule has 1 aromatic rings. The standard InChI is InChI=1S/C17H24ClN3O2/c1-4-19-7-9-20(10-8-19)17(23)12-21(14(3)22)15-6-5-13(2)16(18)11-15/h5-6,11H,4,7-10,12H2,1-3H3. The summed E-state index contributed by atoms with van der Waals surface area (Å²) < 4.78 is 0. The van der Waals surface area contributed by atoms with Crippen LogP contribution in [0.5, 0.6) is 0 Å². The fourth-order valence-corrected chi connectivity index (χ4v) is 2.86. The zero-order chi connectivity index (χ0) is 17.0. The van der Waals surface area contributed by atoms with Crippen LogP contribution in [-0.2, 0) is 9.59 Å². The van der Waals surface area contributed by atoms with Crippen LogP contribution >= 0.6 is 11.6 Å². The van der Waals surface area contributed by atoms with Crippen molar-refractivity contribution >= 4 is 29.1 Å². The van der Waals surface area contributed by atoms with E-state index in [9.17, 15) is 9.59 Å². The summed E-state index contributed by atoms with van der Waals surface area (Å²) in [7, 11) is 0. The predicted octanol–water partition coefficient (Wildman–Crippen LogP) is 2.17. The number of carbonyl (C=O) groups excluding carboxylic acids is 2. The van der Waals surface area contributed by atoms with Gasteiger partial charge < -0.3 is 14.7 Å². The smallest absolute Gasteiger partial charge is 0.242 e. The molecule has 0 saturated carbocycles. The van der Waals surface area contributed by atoms with Gasteiger partial charge in [-0.25, -0.2) is 0 Å². The highest BCUT2D eigenvalue weighted by Gasteiger charge is 2.24. The third kappa shape index (κ3) is 4.45. The van der Waals surface area contributed by atoms with Gasteiger partial charge in [0.05, 0.1) is 0 Å². The number of aryl methyl sites for hydroxylation is 1. The van der Waals surface area contributed by atoms with E-state index in [-0.39, 0.29) is 18.4 Å². The minimum Gasteiger partial charge on any atom is -0.339 e. The molecule has 1 fully saturated rings. The van der Waals surface area contributed by atoms with Crippen molar-refractivity contribution in [2.24, 2.45) is 0 Å². The average molecular weight is 338 g/mol. The second kappa shape index (κ2) is 7.79. The minimum absolute atomic E-state index is 0.0207. The molecule has 0 bridgehead atoms. The second-order valence-electron chi connectivity index (χ2n) is 5.85. The number of carbonyl (C=O) groups is 2. The molecular formula is C17H24ClN3O2. The van der Waals surface area contributed by atoms with Crippen molar-refractivity contribution < 1.29 is 9.59 Å². The van der Waals surface area contributed by atoms with E-state index in [0.29, 0.717) is 23.8 Å². The van der Waals surface area contributed by atoms with E-state index in [1.807, 2.05) is 24.0 Å². The van der Waals surface area contributed by atoms with Crippen molar-refractivity contribution in [1.29, 1.82) is 0 Å². The number of likely N-dealkylation sites (N-methyl/N-ethyl adjacent to an activating group) is 1. The second-order valence-corrected chi connectivity index (χ2v) is 6.26. The highest BCUT2D eigenvalue weighted by Crippen LogP contribution is 2.23. The summed E-state index contributed by atoms with van der Waals surface area (Å²) in [6, 6.07) is 5.42. The Morgan fingerprint density at radius 3 is 2.39 bits per heavy atom. The van der Waals surface area contributed by atoms with E-state index >= 15 is 0 Å². The van der Waals surface area contributed by atoms with Gasteiger partial charge in [-0.05, 0) is 31.2 Å².